The molecule has 0 saturated carbocycles. The molecule has 0 radical (unpaired) electrons. The van der Waals surface area contributed by atoms with E-state index in [0.29, 0.717) is 12.0 Å². The van der Waals surface area contributed by atoms with E-state index in [2.05, 4.69) is 17.2 Å². The molecule has 0 fully saturated rings. The lowest BCUT2D eigenvalue weighted by molar-refractivity contribution is 0.551. The predicted molar refractivity (Wildman–Crippen MR) is 80.5 cm³/mol. The SMILES string of the molecule is CCc1cnccc1C(Cc1cccc(Cl)c1F)NC. The third kappa shape index (κ3) is 3.17. The van der Waals surface area contributed by atoms with Crippen molar-refractivity contribution in [3.05, 3.63) is 64.2 Å². The van der Waals surface area contributed by atoms with Crippen molar-refractivity contribution in [1.29, 1.82) is 0 Å². The maximum Gasteiger partial charge on any atom is 0.145 e. The monoisotopic (exact) mass is 292 g/mol. The maximum atomic E-state index is 14.0. The molecule has 0 saturated heterocycles. The average Bonchev–Trinajstić information content (AvgIpc) is 2.49. The van der Waals surface area contributed by atoms with Crippen LogP contribution in [0.4, 0.5) is 4.39 Å². The summed E-state index contributed by atoms with van der Waals surface area (Å²) >= 11 is 5.84. The molecular weight excluding hydrogens is 275 g/mol. The summed E-state index contributed by atoms with van der Waals surface area (Å²) in [6, 6.07) is 7.15. The molecule has 0 aliphatic rings. The number of hydrogen-bond donors (Lipinski definition) is 1. The lowest BCUT2D eigenvalue weighted by atomic mass is 9.95. The molecule has 1 atom stereocenters. The molecule has 1 aromatic carbocycles. The fourth-order valence-corrected chi connectivity index (χ4v) is 2.56. The summed E-state index contributed by atoms with van der Waals surface area (Å²) in [4.78, 5) is 4.15. The Morgan fingerprint density at radius 2 is 2.10 bits per heavy atom. The summed E-state index contributed by atoms with van der Waals surface area (Å²) in [5.41, 5.74) is 2.95. The Kier molecular flexibility index (Phi) is 5.10. The van der Waals surface area contributed by atoms with Crippen molar-refractivity contribution in [3.8, 4) is 0 Å². The van der Waals surface area contributed by atoms with Crippen LogP contribution in [0, 0.1) is 5.82 Å². The highest BCUT2D eigenvalue weighted by Gasteiger charge is 2.16. The Morgan fingerprint density at radius 3 is 2.80 bits per heavy atom. The fraction of sp³-hybridized carbons (Fsp3) is 0.312. The van der Waals surface area contributed by atoms with Crippen LogP contribution in [-0.2, 0) is 12.8 Å². The van der Waals surface area contributed by atoms with Crippen molar-refractivity contribution in [2.75, 3.05) is 7.05 Å². The van der Waals surface area contributed by atoms with E-state index in [0.717, 1.165) is 12.0 Å². The molecule has 2 aromatic rings. The maximum absolute atomic E-state index is 14.0. The molecule has 1 aromatic heterocycles. The van der Waals surface area contributed by atoms with Gasteiger partial charge in [0, 0.05) is 18.4 Å². The smallest absolute Gasteiger partial charge is 0.145 e. The van der Waals surface area contributed by atoms with Crippen molar-refractivity contribution in [2.24, 2.45) is 0 Å². The van der Waals surface area contributed by atoms with Gasteiger partial charge in [-0.1, -0.05) is 30.7 Å². The molecule has 1 N–H and O–H groups in total. The highest BCUT2D eigenvalue weighted by atomic mass is 35.5. The third-order valence-corrected chi connectivity index (χ3v) is 3.79. The minimum absolute atomic E-state index is 0.0425. The quantitative estimate of drug-likeness (QED) is 0.903. The number of likely N-dealkylation sites (N-methyl/N-ethyl adjacent to an activating group) is 1. The first-order chi connectivity index (χ1) is 9.67. The highest BCUT2D eigenvalue weighted by molar-refractivity contribution is 6.30. The van der Waals surface area contributed by atoms with E-state index in [9.17, 15) is 4.39 Å². The molecule has 0 aliphatic carbocycles. The normalized spacial score (nSPS) is 12.4. The molecule has 0 bridgehead atoms. The van der Waals surface area contributed by atoms with Crippen LogP contribution >= 0.6 is 11.6 Å². The van der Waals surface area contributed by atoms with E-state index in [4.69, 9.17) is 11.6 Å². The number of benzene rings is 1. The van der Waals surface area contributed by atoms with Gasteiger partial charge in [0.25, 0.3) is 0 Å². The number of aryl methyl sites for hydroxylation is 1. The van der Waals surface area contributed by atoms with Gasteiger partial charge in [-0.2, -0.15) is 0 Å². The number of nitrogens with zero attached hydrogens (tertiary/aromatic N) is 1. The second-order valence-electron chi connectivity index (χ2n) is 4.69. The lowest BCUT2D eigenvalue weighted by Crippen LogP contribution is -2.21. The molecule has 0 spiro atoms. The van der Waals surface area contributed by atoms with E-state index in [1.54, 1.807) is 24.4 Å². The van der Waals surface area contributed by atoms with Crippen molar-refractivity contribution in [1.82, 2.24) is 10.3 Å². The second kappa shape index (κ2) is 6.82. The Morgan fingerprint density at radius 1 is 1.30 bits per heavy atom. The van der Waals surface area contributed by atoms with Crippen molar-refractivity contribution in [2.45, 2.75) is 25.8 Å². The van der Waals surface area contributed by atoms with Gasteiger partial charge < -0.3 is 5.32 Å². The van der Waals surface area contributed by atoms with Gasteiger partial charge in [-0.05, 0) is 48.7 Å². The summed E-state index contributed by atoms with van der Waals surface area (Å²) in [6.45, 7) is 2.09. The van der Waals surface area contributed by atoms with E-state index in [1.165, 1.54) is 5.56 Å². The topological polar surface area (TPSA) is 24.9 Å². The first kappa shape index (κ1) is 14.9. The summed E-state index contributed by atoms with van der Waals surface area (Å²) in [6.07, 6.45) is 5.10. The molecule has 4 heteroatoms. The summed E-state index contributed by atoms with van der Waals surface area (Å²) < 4.78 is 14.0. The largest absolute Gasteiger partial charge is 0.313 e. The van der Waals surface area contributed by atoms with E-state index in [1.807, 2.05) is 19.3 Å². The van der Waals surface area contributed by atoms with Crippen LogP contribution in [0.25, 0.3) is 0 Å². The van der Waals surface area contributed by atoms with Gasteiger partial charge in [0.2, 0.25) is 0 Å². The predicted octanol–water partition coefficient (Wildman–Crippen LogP) is 3.94. The van der Waals surface area contributed by atoms with Gasteiger partial charge in [0.05, 0.1) is 5.02 Å². The van der Waals surface area contributed by atoms with Gasteiger partial charge in [-0.15, -0.1) is 0 Å². The number of pyridine rings is 1. The zero-order valence-corrected chi connectivity index (χ0v) is 12.4. The van der Waals surface area contributed by atoms with E-state index >= 15 is 0 Å². The minimum Gasteiger partial charge on any atom is -0.313 e. The van der Waals surface area contributed by atoms with Crippen LogP contribution in [0.2, 0.25) is 5.02 Å². The molecule has 1 unspecified atom stereocenters. The molecule has 0 aliphatic heterocycles. The number of nitrogens with one attached hydrogen (secondary N) is 1. The molecule has 2 nitrogen and oxygen atoms in total. The lowest BCUT2D eigenvalue weighted by Gasteiger charge is -2.20. The van der Waals surface area contributed by atoms with Crippen LogP contribution in [0.5, 0.6) is 0 Å². The van der Waals surface area contributed by atoms with Gasteiger partial charge in [0.15, 0.2) is 0 Å². The van der Waals surface area contributed by atoms with Crippen molar-refractivity contribution < 1.29 is 4.39 Å². The van der Waals surface area contributed by atoms with E-state index < -0.39 is 0 Å². The molecule has 1 heterocycles. The first-order valence-electron chi connectivity index (χ1n) is 6.70. The van der Waals surface area contributed by atoms with Crippen LogP contribution < -0.4 is 5.32 Å². The third-order valence-electron chi connectivity index (χ3n) is 3.50. The van der Waals surface area contributed by atoms with Gasteiger partial charge in [0.1, 0.15) is 5.82 Å². The summed E-state index contributed by atoms with van der Waals surface area (Å²) in [5.74, 6) is -0.332. The minimum atomic E-state index is -0.332. The molecule has 0 amide bonds. The number of hydrogen-bond acceptors (Lipinski definition) is 2. The van der Waals surface area contributed by atoms with Crippen molar-refractivity contribution in [3.63, 3.8) is 0 Å². The highest BCUT2D eigenvalue weighted by Crippen LogP contribution is 2.25. The first-order valence-corrected chi connectivity index (χ1v) is 7.08. The Balaban J connectivity index is 2.31. The summed E-state index contributed by atoms with van der Waals surface area (Å²) in [5, 5.41) is 3.42. The fourth-order valence-electron chi connectivity index (χ4n) is 2.37. The number of halogens is 2. The Hall–Kier alpha value is -1.45. The van der Waals surface area contributed by atoms with Crippen LogP contribution in [-0.4, -0.2) is 12.0 Å². The molecule has 20 heavy (non-hydrogen) atoms. The zero-order valence-electron chi connectivity index (χ0n) is 11.7. The van der Waals surface area contributed by atoms with E-state index in [-0.39, 0.29) is 16.9 Å². The summed E-state index contributed by atoms with van der Waals surface area (Å²) in [7, 11) is 1.88. The van der Waals surface area contributed by atoms with Gasteiger partial charge in [-0.3, -0.25) is 4.98 Å². The Bertz CT molecular complexity index is 586. The van der Waals surface area contributed by atoms with Crippen LogP contribution in [0.15, 0.2) is 36.7 Å². The second-order valence-corrected chi connectivity index (χ2v) is 5.09. The van der Waals surface area contributed by atoms with Crippen LogP contribution in [0.1, 0.15) is 29.7 Å². The van der Waals surface area contributed by atoms with Crippen molar-refractivity contribution >= 4 is 11.6 Å². The zero-order chi connectivity index (χ0) is 14.5. The van der Waals surface area contributed by atoms with Gasteiger partial charge >= 0.3 is 0 Å². The number of rotatable bonds is 5. The molecule has 106 valence electrons. The molecular formula is C16H18ClFN2. The van der Waals surface area contributed by atoms with Gasteiger partial charge in [-0.25, -0.2) is 4.39 Å². The molecule has 2 rings (SSSR count). The van der Waals surface area contributed by atoms with Crippen LogP contribution in [0.3, 0.4) is 0 Å². The average molecular weight is 293 g/mol. The Labute approximate surface area is 124 Å². The standard InChI is InChI=1S/C16H18ClFN2/c1-3-11-10-20-8-7-13(11)15(19-2)9-12-5-4-6-14(17)16(12)18/h4-8,10,15,19H,3,9H2,1-2H3. The number of aromatic nitrogens is 1.